The van der Waals surface area contributed by atoms with E-state index in [0.29, 0.717) is 11.5 Å². The highest BCUT2D eigenvalue weighted by Crippen LogP contribution is 2.41. The number of carboxylic acid groups (broad SMARTS) is 1. The lowest BCUT2D eigenvalue weighted by molar-refractivity contribution is -0.144. The van der Waals surface area contributed by atoms with E-state index in [2.05, 4.69) is 4.98 Å². The Morgan fingerprint density at radius 2 is 2.48 bits per heavy atom. The molecule has 2 aliphatic rings. The monoisotopic (exact) mass is 345 g/mol. The summed E-state index contributed by atoms with van der Waals surface area (Å²) < 4.78 is 5.86. The number of nitrogens with zero attached hydrogens (tertiary/aromatic N) is 2. The van der Waals surface area contributed by atoms with Crippen LogP contribution in [0.25, 0.3) is 0 Å². The molecule has 0 spiro atoms. The van der Waals surface area contributed by atoms with E-state index in [1.165, 1.54) is 39.8 Å². The average molecular weight is 345 g/mol. The van der Waals surface area contributed by atoms with Gasteiger partial charge >= 0.3 is 6.16 Å². The summed E-state index contributed by atoms with van der Waals surface area (Å²) in [7, 11) is 0. The molecule has 1 amide bonds. The number of thiazole rings is 1. The van der Waals surface area contributed by atoms with Crippen LogP contribution in [-0.4, -0.2) is 50.0 Å². The Morgan fingerprint density at radius 3 is 3.14 bits per heavy atom. The van der Waals surface area contributed by atoms with E-state index in [9.17, 15) is 9.59 Å². The molecule has 3 N–H and O–H groups in total. The van der Waals surface area contributed by atoms with E-state index in [4.69, 9.17) is 15.6 Å². The molecular weight excluding hydrogens is 334 g/mol. The topological polar surface area (TPSA) is 106 Å². The number of aromatic nitrogens is 1. The first-order valence-electron chi connectivity index (χ1n) is 5.92. The van der Waals surface area contributed by atoms with Gasteiger partial charge in [-0.25, -0.2) is 4.79 Å². The summed E-state index contributed by atoms with van der Waals surface area (Å²) in [5.74, 6) is 0.957. The fourth-order valence-corrected chi connectivity index (χ4v) is 5.04. The van der Waals surface area contributed by atoms with Gasteiger partial charge in [-0.15, -0.1) is 34.9 Å². The lowest BCUT2D eigenvalue weighted by Crippen LogP contribution is -2.68. The maximum absolute atomic E-state index is 11.8. The second-order valence-corrected chi connectivity index (χ2v) is 7.59. The van der Waals surface area contributed by atoms with Crippen molar-refractivity contribution >= 4 is 46.9 Å². The van der Waals surface area contributed by atoms with Gasteiger partial charge in [0.25, 0.3) is 0 Å². The van der Waals surface area contributed by atoms with E-state index in [1.807, 2.05) is 0 Å². The Balaban J connectivity index is 1.80. The Hall–Kier alpha value is -1.23. The van der Waals surface area contributed by atoms with Gasteiger partial charge in [-0.2, -0.15) is 0 Å². The highest BCUT2D eigenvalue weighted by atomic mass is 32.2. The van der Waals surface area contributed by atoms with Crippen molar-refractivity contribution in [3.63, 3.8) is 0 Å². The van der Waals surface area contributed by atoms with Gasteiger partial charge in [-0.3, -0.25) is 14.7 Å². The van der Waals surface area contributed by atoms with Crippen LogP contribution in [-0.2, 0) is 9.53 Å². The van der Waals surface area contributed by atoms with Crippen LogP contribution in [0, 0.1) is 0 Å². The predicted octanol–water partition coefficient (Wildman–Crippen LogP) is 1.38. The summed E-state index contributed by atoms with van der Waals surface area (Å²) in [5, 5.41) is 8.64. The van der Waals surface area contributed by atoms with E-state index < -0.39 is 12.2 Å². The molecule has 2 atom stereocenters. The first-order valence-corrected chi connectivity index (χ1v) is 8.83. The molecule has 0 aliphatic carbocycles. The van der Waals surface area contributed by atoms with Crippen LogP contribution in [0.15, 0.2) is 27.4 Å². The largest absolute Gasteiger partial charge is 0.512 e. The van der Waals surface area contributed by atoms with E-state index >= 15 is 0 Å². The highest BCUT2D eigenvalue weighted by molar-refractivity contribution is 8.02. The van der Waals surface area contributed by atoms with E-state index in [0.717, 1.165) is 9.78 Å². The van der Waals surface area contributed by atoms with Crippen molar-refractivity contribution in [3.05, 3.63) is 23.2 Å². The van der Waals surface area contributed by atoms with Gasteiger partial charge in [0.1, 0.15) is 11.4 Å². The highest BCUT2D eigenvalue weighted by Gasteiger charge is 2.51. The van der Waals surface area contributed by atoms with Crippen LogP contribution >= 0.6 is 34.9 Å². The summed E-state index contributed by atoms with van der Waals surface area (Å²) in [6.07, 6.45) is 0.320. The fraction of sp³-hybridized carbons (Fsp3) is 0.364. The lowest BCUT2D eigenvalue weighted by Gasteiger charge is -2.47. The minimum atomic E-state index is -1.43. The predicted molar refractivity (Wildman–Crippen MR) is 80.0 cm³/mol. The molecule has 21 heavy (non-hydrogen) atoms. The van der Waals surface area contributed by atoms with Crippen LogP contribution in [0.4, 0.5) is 4.79 Å². The number of thioether (sulfide) groups is 2. The number of ether oxygens (including phenoxy) is 1. The molecule has 1 aromatic rings. The zero-order valence-electron chi connectivity index (χ0n) is 10.6. The van der Waals surface area contributed by atoms with Crippen molar-refractivity contribution in [2.75, 3.05) is 11.5 Å². The summed E-state index contributed by atoms with van der Waals surface area (Å²) in [6.45, 7) is 0. The number of hydrogen-bond donors (Lipinski definition) is 2. The third kappa shape index (κ3) is 2.76. The molecule has 1 aromatic heterocycles. The van der Waals surface area contributed by atoms with Gasteiger partial charge in [-0.1, -0.05) is 0 Å². The third-order valence-corrected chi connectivity index (χ3v) is 6.47. The van der Waals surface area contributed by atoms with Crippen molar-refractivity contribution in [1.82, 2.24) is 9.88 Å². The number of amides is 1. The first-order chi connectivity index (χ1) is 10.1. The number of carbonyl (C=O) groups is 2. The summed E-state index contributed by atoms with van der Waals surface area (Å²) >= 11 is 4.57. The van der Waals surface area contributed by atoms with Crippen LogP contribution in [0.2, 0.25) is 0 Å². The van der Waals surface area contributed by atoms with Crippen molar-refractivity contribution in [2.45, 2.75) is 15.6 Å². The molecule has 10 heteroatoms. The maximum Gasteiger partial charge on any atom is 0.512 e. The zero-order valence-corrected chi connectivity index (χ0v) is 13.0. The van der Waals surface area contributed by atoms with Crippen molar-refractivity contribution in [1.29, 1.82) is 0 Å². The lowest BCUT2D eigenvalue weighted by atomic mass is 10.1. The Kier molecular flexibility index (Phi) is 4.11. The summed E-state index contributed by atoms with van der Waals surface area (Å²) in [6, 6.07) is -0.585. The molecule has 112 valence electrons. The number of rotatable bonds is 4. The number of β-lactam (4-membered cyclic amide) rings is 1. The van der Waals surface area contributed by atoms with E-state index in [1.54, 1.807) is 11.7 Å². The molecular formula is C11H11N3O4S3. The molecule has 2 aliphatic heterocycles. The second kappa shape index (κ2) is 5.87. The Morgan fingerprint density at radius 1 is 1.67 bits per heavy atom. The van der Waals surface area contributed by atoms with Gasteiger partial charge in [0.15, 0.2) is 0 Å². The second-order valence-electron chi connectivity index (χ2n) is 4.32. The number of nitrogens with two attached hydrogens (primary N) is 1. The summed E-state index contributed by atoms with van der Waals surface area (Å²) in [4.78, 5) is 28.0. The quantitative estimate of drug-likeness (QED) is 0.479. The average Bonchev–Trinajstić information content (AvgIpc) is 2.97. The minimum Gasteiger partial charge on any atom is -0.449 e. The van der Waals surface area contributed by atoms with Crippen LogP contribution < -0.4 is 5.73 Å². The molecule has 3 heterocycles. The Bertz CT molecular complexity index is 604. The number of fused-ring (bicyclic) bond motifs is 1. The molecule has 1 saturated heterocycles. The number of hydrogen-bond acceptors (Lipinski definition) is 8. The number of carbonyl (C=O) groups excluding carboxylic acids is 1. The van der Waals surface area contributed by atoms with E-state index in [-0.39, 0.29) is 17.2 Å². The Labute approximate surface area is 132 Å². The standard InChI is InChI=1S/C11H11N3O4S3/c12-7-8(15)14-9(18-11(16)17)5(3-20-10(7)14)2-19-6-1-13-4-21-6/h1,4,7,10H,2-3,12H2,(H,16,17)/t7?,10-/m0/s1. The molecule has 0 aromatic carbocycles. The zero-order chi connectivity index (χ0) is 15.0. The smallest absolute Gasteiger partial charge is 0.449 e. The summed E-state index contributed by atoms with van der Waals surface area (Å²) in [5.41, 5.74) is 8.22. The van der Waals surface area contributed by atoms with Crippen molar-refractivity contribution < 1.29 is 19.4 Å². The molecule has 0 bridgehead atoms. The molecule has 7 nitrogen and oxygen atoms in total. The van der Waals surface area contributed by atoms with Gasteiger partial charge < -0.3 is 15.6 Å². The van der Waals surface area contributed by atoms with Crippen molar-refractivity contribution in [3.8, 4) is 0 Å². The van der Waals surface area contributed by atoms with Gasteiger partial charge in [0.2, 0.25) is 11.8 Å². The normalized spacial score (nSPS) is 24.6. The molecule has 3 rings (SSSR count). The molecule has 1 unspecified atom stereocenters. The van der Waals surface area contributed by atoms with Crippen LogP contribution in [0.1, 0.15) is 0 Å². The van der Waals surface area contributed by atoms with Gasteiger partial charge in [-0.05, 0) is 0 Å². The van der Waals surface area contributed by atoms with Gasteiger partial charge in [0, 0.05) is 17.1 Å². The molecule has 1 fully saturated rings. The SMILES string of the molecule is NC1C(=O)N2C(OC(=O)O)=C(CSc3cncs3)CS[C@@H]12. The fourth-order valence-electron chi connectivity index (χ4n) is 2.04. The molecule has 0 radical (unpaired) electrons. The first kappa shape index (κ1) is 14.7. The van der Waals surface area contributed by atoms with Gasteiger partial charge in [0.05, 0.1) is 15.9 Å². The van der Waals surface area contributed by atoms with Crippen LogP contribution in [0.3, 0.4) is 0 Å². The minimum absolute atomic E-state index is 0.120. The van der Waals surface area contributed by atoms with Crippen molar-refractivity contribution in [2.24, 2.45) is 5.73 Å². The third-order valence-electron chi connectivity index (χ3n) is 3.02. The maximum atomic E-state index is 11.8. The van der Waals surface area contributed by atoms with Crippen LogP contribution in [0.5, 0.6) is 0 Å². The molecule has 0 saturated carbocycles.